The van der Waals surface area contributed by atoms with Crippen LogP contribution in [0.25, 0.3) is 0 Å². The number of benzene rings is 1. The minimum Gasteiger partial charge on any atom is -0.395 e. The van der Waals surface area contributed by atoms with Gasteiger partial charge in [-0.2, -0.15) is 0 Å². The molecule has 20 heavy (non-hydrogen) atoms. The van der Waals surface area contributed by atoms with Crippen LogP contribution in [0.1, 0.15) is 53.6 Å². The summed E-state index contributed by atoms with van der Waals surface area (Å²) >= 11 is 0. The molecule has 0 bridgehead atoms. The van der Waals surface area contributed by atoms with Crippen LogP contribution in [0.3, 0.4) is 0 Å². The topological polar surface area (TPSA) is 40.5 Å². The summed E-state index contributed by atoms with van der Waals surface area (Å²) in [6.07, 6.45) is 5.77. The molecule has 2 rings (SSSR count). The molecule has 1 amide bonds. The van der Waals surface area contributed by atoms with E-state index in [1.807, 2.05) is 36.9 Å². The summed E-state index contributed by atoms with van der Waals surface area (Å²) in [4.78, 5) is 14.8. The van der Waals surface area contributed by atoms with Gasteiger partial charge < -0.3 is 10.0 Å². The van der Waals surface area contributed by atoms with Crippen molar-refractivity contribution in [3.05, 3.63) is 34.9 Å². The van der Waals surface area contributed by atoms with Crippen molar-refractivity contribution < 1.29 is 9.90 Å². The van der Waals surface area contributed by atoms with E-state index < -0.39 is 0 Å². The molecule has 1 saturated carbocycles. The first-order valence-corrected chi connectivity index (χ1v) is 7.63. The maximum atomic E-state index is 12.9. The van der Waals surface area contributed by atoms with Gasteiger partial charge >= 0.3 is 0 Å². The van der Waals surface area contributed by atoms with Crippen LogP contribution in [0.5, 0.6) is 0 Å². The summed E-state index contributed by atoms with van der Waals surface area (Å²) in [5.41, 5.74) is 2.86. The van der Waals surface area contributed by atoms with Gasteiger partial charge in [-0.25, -0.2) is 0 Å². The molecule has 1 aliphatic rings. The highest BCUT2D eigenvalue weighted by Crippen LogP contribution is 2.25. The normalized spacial score (nSPS) is 16.1. The van der Waals surface area contributed by atoms with Crippen LogP contribution in [0.4, 0.5) is 0 Å². The Bertz CT molecular complexity index is 444. The Morgan fingerprint density at radius 2 is 1.80 bits per heavy atom. The second-order valence-electron chi connectivity index (χ2n) is 5.78. The largest absolute Gasteiger partial charge is 0.395 e. The van der Waals surface area contributed by atoms with Gasteiger partial charge in [0.1, 0.15) is 0 Å². The molecule has 1 aromatic carbocycles. The molecule has 1 aromatic rings. The zero-order valence-electron chi connectivity index (χ0n) is 12.6. The molecule has 0 atom stereocenters. The third kappa shape index (κ3) is 3.21. The van der Waals surface area contributed by atoms with E-state index in [0.717, 1.165) is 29.5 Å². The highest BCUT2D eigenvalue weighted by Gasteiger charge is 2.27. The highest BCUT2D eigenvalue weighted by atomic mass is 16.3. The fourth-order valence-corrected chi connectivity index (χ4v) is 3.25. The summed E-state index contributed by atoms with van der Waals surface area (Å²) in [6.45, 7) is 4.45. The molecule has 1 fully saturated rings. The average Bonchev–Trinajstić information content (AvgIpc) is 2.45. The van der Waals surface area contributed by atoms with E-state index in [4.69, 9.17) is 0 Å². The standard InChI is InChI=1S/C17H25NO2/c1-13-7-6-8-14(2)16(13)17(20)18(11-12-19)15-9-4-3-5-10-15/h6-8,15,19H,3-5,9-12H2,1-2H3. The number of aliphatic hydroxyl groups excluding tert-OH is 1. The SMILES string of the molecule is Cc1cccc(C)c1C(=O)N(CCO)C1CCCCC1. The fourth-order valence-electron chi connectivity index (χ4n) is 3.25. The van der Waals surface area contributed by atoms with E-state index in [2.05, 4.69) is 0 Å². The van der Waals surface area contributed by atoms with Gasteiger partial charge in [-0.05, 0) is 37.8 Å². The summed E-state index contributed by atoms with van der Waals surface area (Å²) in [5.74, 6) is 0.0848. The zero-order valence-corrected chi connectivity index (χ0v) is 12.6. The lowest BCUT2D eigenvalue weighted by Crippen LogP contribution is -2.43. The molecule has 0 saturated heterocycles. The monoisotopic (exact) mass is 275 g/mol. The molecule has 3 heteroatoms. The molecule has 0 aliphatic heterocycles. The van der Waals surface area contributed by atoms with Crippen LogP contribution in [0.2, 0.25) is 0 Å². The Balaban J connectivity index is 2.26. The molecular weight excluding hydrogens is 250 g/mol. The molecule has 110 valence electrons. The van der Waals surface area contributed by atoms with Crippen molar-refractivity contribution in [3.63, 3.8) is 0 Å². The van der Waals surface area contributed by atoms with Crippen molar-refractivity contribution in [2.24, 2.45) is 0 Å². The fraction of sp³-hybridized carbons (Fsp3) is 0.588. The Morgan fingerprint density at radius 1 is 1.20 bits per heavy atom. The van der Waals surface area contributed by atoms with Gasteiger partial charge in [-0.1, -0.05) is 37.5 Å². The van der Waals surface area contributed by atoms with Gasteiger partial charge in [-0.15, -0.1) is 0 Å². The van der Waals surface area contributed by atoms with Gasteiger partial charge in [0.15, 0.2) is 0 Å². The molecule has 1 N–H and O–H groups in total. The quantitative estimate of drug-likeness (QED) is 0.917. The number of nitrogens with zero attached hydrogens (tertiary/aromatic N) is 1. The molecule has 1 aliphatic carbocycles. The molecule has 0 aromatic heterocycles. The molecular formula is C17H25NO2. The minimum absolute atomic E-state index is 0.0349. The van der Waals surface area contributed by atoms with Crippen molar-refractivity contribution >= 4 is 5.91 Å². The van der Waals surface area contributed by atoms with Crippen molar-refractivity contribution in [3.8, 4) is 0 Å². The van der Waals surface area contributed by atoms with Crippen molar-refractivity contribution in [2.75, 3.05) is 13.2 Å². The van der Waals surface area contributed by atoms with Crippen LogP contribution in [-0.4, -0.2) is 35.1 Å². The predicted molar refractivity (Wildman–Crippen MR) is 80.9 cm³/mol. The third-order valence-corrected chi connectivity index (χ3v) is 4.31. The second-order valence-corrected chi connectivity index (χ2v) is 5.78. The Labute approximate surface area is 121 Å². The summed E-state index contributed by atoms with van der Waals surface area (Å²) in [5, 5.41) is 9.31. The Hall–Kier alpha value is -1.35. The maximum Gasteiger partial charge on any atom is 0.254 e. The first-order valence-electron chi connectivity index (χ1n) is 7.63. The second kappa shape index (κ2) is 6.89. The highest BCUT2D eigenvalue weighted by molar-refractivity contribution is 5.97. The van der Waals surface area contributed by atoms with E-state index in [0.29, 0.717) is 12.6 Å². The van der Waals surface area contributed by atoms with E-state index >= 15 is 0 Å². The van der Waals surface area contributed by atoms with Crippen LogP contribution in [0, 0.1) is 13.8 Å². The van der Waals surface area contributed by atoms with Crippen LogP contribution < -0.4 is 0 Å². The number of hydrogen-bond acceptors (Lipinski definition) is 2. The van der Waals surface area contributed by atoms with Gasteiger partial charge in [0.2, 0.25) is 0 Å². The van der Waals surface area contributed by atoms with Gasteiger partial charge in [0.25, 0.3) is 5.91 Å². The number of rotatable bonds is 4. The van der Waals surface area contributed by atoms with Crippen molar-refractivity contribution in [1.29, 1.82) is 0 Å². The first-order chi connectivity index (χ1) is 9.65. The molecule has 0 unspecified atom stereocenters. The lowest BCUT2D eigenvalue weighted by atomic mass is 9.92. The number of aryl methyl sites for hydroxylation is 2. The lowest BCUT2D eigenvalue weighted by molar-refractivity contribution is 0.0584. The van der Waals surface area contributed by atoms with Gasteiger partial charge in [0, 0.05) is 18.2 Å². The van der Waals surface area contributed by atoms with E-state index in [1.54, 1.807) is 0 Å². The summed E-state index contributed by atoms with van der Waals surface area (Å²) < 4.78 is 0. The first kappa shape index (κ1) is 15.0. The van der Waals surface area contributed by atoms with E-state index in [-0.39, 0.29) is 12.5 Å². The van der Waals surface area contributed by atoms with Gasteiger partial charge in [-0.3, -0.25) is 4.79 Å². The van der Waals surface area contributed by atoms with Crippen LogP contribution in [0.15, 0.2) is 18.2 Å². The number of amides is 1. The Morgan fingerprint density at radius 3 is 2.35 bits per heavy atom. The molecule has 3 nitrogen and oxygen atoms in total. The van der Waals surface area contributed by atoms with Crippen molar-refractivity contribution in [1.82, 2.24) is 4.90 Å². The summed E-state index contributed by atoms with van der Waals surface area (Å²) in [6, 6.07) is 6.25. The Kier molecular flexibility index (Phi) is 5.18. The number of carbonyl (C=O) groups is 1. The average molecular weight is 275 g/mol. The lowest BCUT2D eigenvalue weighted by Gasteiger charge is -2.34. The molecule has 0 heterocycles. The van der Waals surface area contributed by atoms with E-state index in [9.17, 15) is 9.90 Å². The number of hydrogen-bond donors (Lipinski definition) is 1. The minimum atomic E-state index is 0.0349. The third-order valence-electron chi connectivity index (χ3n) is 4.31. The number of aliphatic hydroxyl groups is 1. The van der Waals surface area contributed by atoms with E-state index in [1.165, 1.54) is 19.3 Å². The smallest absolute Gasteiger partial charge is 0.254 e. The van der Waals surface area contributed by atoms with Crippen LogP contribution in [-0.2, 0) is 0 Å². The maximum absolute atomic E-state index is 12.9. The summed E-state index contributed by atoms with van der Waals surface area (Å²) in [7, 11) is 0. The zero-order chi connectivity index (χ0) is 14.5. The molecule has 0 radical (unpaired) electrons. The van der Waals surface area contributed by atoms with Gasteiger partial charge in [0.05, 0.1) is 6.61 Å². The predicted octanol–water partition coefficient (Wildman–Crippen LogP) is 3.07. The van der Waals surface area contributed by atoms with Crippen molar-refractivity contribution in [2.45, 2.75) is 52.0 Å². The number of carbonyl (C=O) groups excluding carboxylic acids is 1. The molecule has 0 spiro atoms. The van der Waals surface area contributed by atoms with Crippen LogP contribution >= 0.6 is 0 Å².